The largest absolute Gasteiger partial charge is 0.472 e. The number of carbonyl (C=O) groups is 2. The first-order valence-electron chi connectivity index (χ1n) is 26.4. The number of ether oxygens (including phenoxy) is 2. The molecular weight excluding hydrogens is 852 g/mol. The van der Waals surface area contributed by atoms with Crippen molar-refractivity contribution in [3.8, 4) is 0 Å². The average molecular weight is 949 g/mol. The van der Waals surface area contributed by atoms with Crippen LogP contribution in [0.3, 0.4) is 0 Å². The van der Waals surface area contributed by atoms with Crippen molar-refractivity contribution in [3.05, 3.63) is 72.9 Å². The van der Waals surface area contributed by atoms with Crippen molar-refractivity contribution >= 4 is 19.8 Å². The predicted octanol–water partition coefficient (Wildman–Crippen LogP) is 15.2. The summed E-state index contributed by atoms with van der Waals surface area (Å²) in [6, 6.07) is 0. The first kappa shape index (κ1) is 63.4. The van der Waals surface area contributed by atoms with Gasteiger partial charge in [-0.3, -0.25) is 18.6 Å². The third kappa shape index (κ3) is 49.3. The van der Waals surface area contributed by atoms with Crippen LogP contribution in [0, 0.1) is 0 Å². The first-order chi connectivity index (χ1) is 32.2. The van der Waals surface area contributed by atoms with Gasteiger partial charge in [0.25, 0.3) is 0 Å². The van der Waals surface area contributed by atoms with Crippen LogP contribution in [0.4, 0.5) is 0 Å². The fraction of sp³-hybridized carbons (Fsp3) is 0.745. The van der Waals surface area contributed by atoms with E-state index in [9.17, 15) is 24.2 Å². The summed E-state index contributed by atoms with van der Waals surface area (Å²) >= 11 is 0. The highest BCUT2D eigenvalue weighted by atomic mass is 31.2. The van der Waals surface area contributed by atoms with Gasteiger partial charge in [0.15, 0.2) is 6.10 Å². The number of phosphoric ester groups is 1. The van der Waals surface area contributed by atoms with Crippen molar-refractivity contribution in [2.24, 2.45) is 0 Å². The van der Waals surface area contributed by atoms with Crippen LogP contribution in [0.2, 0.25) is 0 Å². The van der Waals surface area contributed by atoms with Gasteiger partial charge in [-0.1, -0.05) is 234 Å². The number of aliphatic hydroxyl groups excluding tert-OH is 2. The van der Waals surface area contributed by atoms with Gasteiger partial charge >= 0.3 is 19.8 Å². The Balaban J connectivity index is 4.22. The molecule has 0 saturated carbocycles. The van der Waals surface area contributed by atoms with Crippen molar-refractivity contribution in [2.75, 3.05) is 26.4 Å². The lowest BCUT2D eigenvalue weighted by Gasteiger charge is -2.20. The summed E-state index contributed by atoms with van der Waals surface area (Å²) in [5.74, 6) is -1.02. The molecule has 0 amide bonds. The Morgan fingerprint density at radius 2 is 0.833 bits per heavy atom. The molecule has 10 nitrogen and oxygen atoms in total. The highest BCUT2D eigenvalue weighted by molar-refractivity contribution is 7.47. The molecule has 382 valence electrons. The molecule has 0 fully saturated rings. The number of carbonyl (C=O) groups excluding carboxylic acids is 2. The molecule has 0 aliphatic rings. The van der Waals surface area contributed by atoms with Gasteiger partial charge < -0.3 is 24.6 Å². The van der Waals surface area contributed by atoms with Crippen LogP contribution in [0.5, 0.6) is 0 Å². The maximum absolute atomic E-state index is 12.6. The molecule has 3 atom stereocenters. The Labute approximate surface area is 403 Å². The van der Waals surface area contributed by atoms with E-state index in [0.29, 0.717) is 12.8 Å². The number of rotatable bonds is 49. The zero-order valence-electron chi connectivity index (χ0n) is 41.9. The molecule has 0 rings (SSSR count). The number of allylic oxidation sites excluding steroid dienone is 12. The summed E-state index contributed by atoms with van der Waals surface area (Å²) in [6.07, 6.45) is 60.4. The number of aliphatic hydroxyl groups is 2. The van der Waals surface area contributed by atoms with Gasteiger partial charge in [-0.2, -0.15) is 0 Å². The molecule has 0 aromatic carbocycles. The standard InChI is InChI=1S/C55H97O10P/c1-3-5-7-9-11-13-15-17-19-21-23-24-25-26-27-29-30-32-34-36-38-40-42-44-46-54(58)62-50-53(51-64-66(60,61)63-49-52(57)48-56)65-55(59)47-45-43-41-39-37-35-33-31-28-22-20-18-16-14-12-10-8-6-4-2/h6,8,12,14,18,20,28,31,35,37,41,43,52-53,56-57H,3-5,7,9-11,13,15-17,19,21-27,29-30,32-34,36,38-40,42,44-51H2,1-2H3,(H,60,61)/b8-6-,14-12-,20-18-,31-28-,37-35-,43-41-. The highest BCUT2D eigenvalue weighted by Gasteiger charge is 2.27. The van der Waals surface area contributed by atoms with Crippen molar-refractivity contribution in [3.63, 3.8) is 0 Å². The molecule has 0 aliphatic heterocycles. The molecule has 3 N–H and O–H groups in total. The highest BCUT2D eigenvalue weighted by Crippen LogP contribution is 2.43. The molecule has 0 heterocycles. The van der Waals surface area contributed by atoms with E-state index < -0.39 is 51.8 Å². The van der Waals surface area contributed by atoms with Crippen molar-refractivity contribution < 1.29 is 47.8 Å². The zero-order valence-corrected chi connectivity index (χ0v) is 42.8. The average Bonchev–Trinajstić information content (AvgIpc) is 3.31. The molecule has 11 heteroatoms. The van der Waals surface area contributed by atoms with Crippen molar-refractivity contribution in [2.45, 2.75) is 238 Å². The second-order valence-corrected chi connectivity index (χ2v) is 19.0. The lowest BCUT2D eigenvalue weighted by atomic mass is 10.0. The smallest absolute Gasteiger partial charge is 0.462 e. The topological polar surface area (TPSA) is 149 Å². The van der Waals surface area contributed by atoms with Crippen LogP contribution in [0.15, 0.2) is 72.9 Å². The van der Waals surface area contributed by atoms with Gasteiger partial charge in [-0.05, 0) is 51.4 Å². The first-order valence-corrected chi connectivity index (χ1v) is 27.9. The van der Waals surface area contributed by atoms with E-state index in [1.807, 2.05) is 12.2 Å². The minimum Gasteiger partial charge on any atom is -0.462 e. The Bertz CT molecular complexity index is 1320. The monoisotopic (exact) mass is 949 g/mol. The summed E-state index contributed by atoms with van der Waals surface area (Å²) in [7, 11) is -4.65. The molecular formula is C55H97O10P. The fourth-order valence-electron chi connectivity index (χ4n) is 7.14. The number of esters is 2. The van der Waals surface area contributed by atoms with Gasteiger partial charge in [0.05, 0.1) is 19.8 Å². The number of unbranched alkanes of at least 4 members (excludes halogenated alkanes) is 23. The summed E-state index contributed by atoms with van der Waals surface area (Å²) in [6.45, 7) is 2.21. The quantitative estimate of drug-likeness (QED) is 0.0233. The van der Waals surface area contributed by atoms with E-state index in [2.05, 4.69) is 74.6 Å². The molecule has 0 aromatic heterocycles. The maximum Gasteiger partial charge on any atom is 0.472 e. The van der Waals surface area contributed by atoms with E-state index in [4.69, 9.17) is 23.6 Å². The van der Waals surface area contributed by atoms with Gasteiger partial charge in [0.1, 0.15) is 12.7 Å². The number of hydrogen-bond donors (Lipinski definition) is 3. The van der Waals surface area contributed by atoms with Crippen molar-refractivity contribution in [1.82, 2.24) is 0 Å². The fourth-order valence-corrected chi connectivity index (χ4v) is 7.93. The van der Waals surface area contributed by atoms with Gasteiger partial charge in [-0.25, -0.2) is 4.57 Å². The van der Waals surface area contributed by atoms with E-state index in [-0.39, 0.29) is 19.4 Å². The van der Waals surface area contributed by atoms with Gasteiger partial charge in [-0.15, -0.1) is 0 Å². The number of hydrogen-bond acceptors (Lipinski definition) is 9. The Hall–Kier alpha value is -2.59. The third-order valence-corrected chi connectivity index (χ3v) is 12.1. The van der Waals surface area contributed by atoms with Crippen LogP contribution >= 0.6 is 7.82 Å². The Kier molecular flexibility index (Phi) is 48.3. The lowest BCUT2D eigenvalue weighted by Crippen LogP contribution is -2.29. The van der Waals surface area contributed by atoms with Crippen molar-refractivity contribution in [1.29, 1.82) is 0 Å². The van der Waals surface area contributed by atoms with Gasteiger partial charge in [0.2, 0.25) is 0 Å². The lowest BCUT2D eigenvalue weighted by molar-refractivity contribution is -0.161. The van der Waals surface area contributed by atoms with E-state index in [1.165, 1.54) is 128 Å². The van der Waals surface area contributed by atoms with Crippen LogP contribution < -0.4 is 0 Å². The Morgan fingerprint density at radius 3 is 1.23 bits per heavy atom. The summed E-state index contributed by atoms with van der Waals surface area (Å²) < 4.78 is 32.8. The molecule has 66 heavy (non-hydrogen) atoms. The maximum atomic E-state index is 12.6. The van der Waals surface area contributed by atoms with Crippen LogP contribution in [0.1, 0.15) is 226 Å². The zero-order chi connectivity index (χ0) is 48.3. The normalized spacial score (nSPS) is 14.2. The SMILES string of the molecule is CC/C=C\C/C=C\C/C=C\C/C=C\C/C=C\C/C=C\CCC(=O)OC(COC(=O)CCCCCCCCCCCCCCCCCCCCCCCCCC)COP(=O)(O)OCC(O)CO. The van der Waals surface area contributed by atoms with Gasteiger partial charge in [0, 0.05) is 12.8 Å². The molecule has 0 aliphatic carbocycles. The predicted molar refractivity (Wildman–Crippen MR) is 274 cm³/mol. The van der Waals surface area contributed by atoms with Crippen LogP contribution in [0.25, 0.3) is 0 Å². The molecule has 0 aromatic rings. The Morgan fingerprint density at radius 1 is 0.470 bits per heavy atom. The van der Waals surface area contributed by atoms with E-state index in [0.717, 1.165) is 57.8 Å². The second kappa shape index (κ2) is 50.3. The third-order valence-electron chi connectivity index (χ3n) is 11.1. The molecule has 0 bridgehead atoms. The molecule has 0 saturated heterocycles. The minimum absolute atomic E-state index is 0.0577. The molecule has 3 unspecified atom stereocenters. The van der Waals surface area contributed by atoms with E-state index in [1.54, 1.807) is 0 Å². The molecule has 0 radical (unpaired) electrons. The molecule has 0 spiro atoms. The van der Waals surface area contributed by atoms with Crippen LogP contribution in [-0.4, -0.2) is 65.7 Å². The summed E-state index contributed by atoms with van der Waals surface area (Å²) in [5, 5.41) is 18.4. The van der Waals surface area contributed by atoms with Crippen LogP contribution in [-0.2, 0) is 32.7 Å². The van der Waals surface area contributed by atoms with E-state index >= 15 is 0 Å². The number of phosphoric acid groups is 1. The summed E-state index contributed by atoms with van der Waals surface area (Å²) in [4.78, 5) is 35.2. The minimum atomic E-state index is -4.65. The summed E-state index contributed by atoms with van der Waals surface area (Å²) in [5.41, 5.74) is 0. The second-order valence-electron chi connectivity index (χ2n) is 17.5.